The minimum atomic E-state index is -0.149. The first kappa shape index (κ1) is 17.5. The number of urea groups is 1. The van der Waals surface area contributed by atoms with E-state index in [1.807, 2.05) is 53.4 Å². The van der Waals surface area contributed by atoms with Crippen molar-refractivity contribution >= 4 is 11.7 Å². The lowest BCUT2D eigenvalue weighted by atomic mass is 9.98. The van der Waals surface area contributed by atoms with E-state index in [1.54, 1.807) is 7.11 Å². The molecule has 1 heterocycles. The molecule has 25 heavy (non-hydrogen) atoms. The number of fused-ring (bicyclic) bond motifs is 1. The quantitative estimate of drug-likeness (QED) is 0.821. The number of likely N-dealkylation sites (N-methyl/N-ethyl adjacent to an activating group) is 1. The van der Waals surface area contributed by atoms with Crippen LogP contribution in [0.1, 0.15) is 24.1 Å². The molecule has 0 saturated heterocycles. The Hall–Kier alpha value is -2.37. The molecule has 2 aromatic rings. The Balaban J connectivity index is 2.00. The van der Waals surface area contributed by atoms with Crippen molar-refractivity contribution in [2.24, 2.45) is 0 Å². The maximum Gasteiger partial charge on any atom is 0.349 e. The number of anilines is 1. The zero-order valence-electron chi connectivity index (χ0n) is 14.8. The molecule has 1 unspecified atom stereocenters. The Morgan fingerprint density at radius 3 is 2.56 bits per heavy atom. The maximum atomic E-state index is 13.2. The number of hydroxylamine groups is 2. The number of carbonyl (C=O) groups excluding carboxylic acids is 1. The van der Waals surface area contributed by atoms with Crippen LogP contribution in [0.25, 0.3) is 0 Å². The van der Waals surface area contributed by atoms with Crippen molar-refractivity contribution in [2.45, 2.75) is 19.4 Å². The van der Waals surface area contributed by atoms with Gasteiger partial charge >= 0.3 is 6.03 Å². The molecule has 132 valence electrons. The largest absolute Gasteiger partial charge is 0.349 e. The average Bonchev–Trinajstić information content (AvgIpc) is 2.77. The first-order valence-electron chi connectivity index (χ1n) is 8.74. The van der Waals surface area contributed by atoms with Gasteiger partial charge in [0.2, 0.25) is 0 Å². The average molecular weight is 339 g/mol. The van der Waals surface area contributed by atoms with Gasteiger partial charge in [0.05, 0.1) is 13.2 Å². The molecule has 5 nitrogen and oxygen atoms in total. The van der Waals surface area contributed by atoms with E-state index >= 15 is 0 Å². The summed E-state index contributed by atoms with van der Waals surface area (Å²) in [5.41, 5.74) is 3.19. The molecule has 0 radical (unpaired) electrons. The minimum absolute atomic E-state index is 0.126. The third-order valence-electron chi connectivity index (χ3n) is 4.54. The maximum absolute atomic E-state index is 13.2. The molecule has 0 fully saturated rings. The lowest BCUT2D eigenvalue weighted by Gasteiger charge is -2.31. The molecular formula is C20H25N3O2. The number of nitrogens with zero attached hydrogens (tertiary/aromatic N) is 2. The first-order chi connectivity index (χ1) is 12.3. The smallest absolute Gasteiger partial charge is 0.315 e. The predicted octanol–water partition coefficient (Wildman–Crippen LogP) is 3.38. The van der Waals surface area contributed by atoms with Crippen LogP contribution in [0.5, 0.6) is 0 Å². The van der Waals surface area contributed by atoms with Crippen LogP contribution in [0, 0.1) is 0 Å². The van der Waals surface area contributed by atoms with Gasteiger partial charge in [-0.15, -0.1) is 0 Å². The zero-order valence-corrected chi connectivity index (χ0v) is 14.8. The second kappa shape index (κ2) is 8.14. The molecule has 0 saturated carbocycles. The molecule has 0 aromatic heterocycles. The highest BCUT2D eigenvalue weighted by molar-refractivity contribution is 5.93. The third-order valence-corrected chi connectivity index (χ3v) is 4.54. The molecular weight excluding hydrogens is 314 g/mol. The van der Waals surface area contributed by atoms with E-state index in [0.717, 1.165) is 36.3 Å². The molecule has 5 heteroatoms. The number of para-hydroxylation sites is 1. The Labute approximate surface area is 149 Å². The predicted molar refractivity (Wildman–Crippen MR) is 99.5 cm³/mol. The highest BCUT2D eigenvalue weighted by Crippen LogP contribution is 2.35. The second-order valence-corrected chi connectivity index (χ2v) is 6.06. The van der Waals surface area contributed by atoms with Crippen LogP contribution in [-0.2, 0) is 11.3 Å². The fraction of sp³-hybridized carbons (Fsp3) is 0.350. The molecule has 2 aromatic carbocycles. The Morgan fingerprint density at radius 2 is 1.84 bits per heavy atom. The number of hydrogen-bond donors (Lipinski definition) is 1. The summed E-state index contributed by atoms with van der Waals surface area (Å²) in [6.45, 7) is 4.28. The molecule has 1 aliphatic heterocycles. The van der Waals surface area contributed by atoms with E-state index in [1.165, 1.54) is 5.06 Å². The molecule has 0 spiro atoms. The lowest BCUT2D eigenvalue weighted by molar-refractivity contribution is -0.115. The summed E-state index contributed by atoms with van der Waals surface area (Å²) in [6, 6.07) is 17.9. The summed E-state index contributed by atoms with van der Waals surface area (Å²) in [7, 11) is 1.56. The summed E-state index contributed by atoms with van der Waals surface area (Å²) < 4.78 is 0. The fourth-order valence-electron chi connectivity index (χ4n) is 3.31. The highest BCUT2D eigenvalue weighted by atomic mass is 16.7. The summed E-state index contributed by atoms with van der Waals surface area (Å²) in [6.07, 6.45) is 0.720. The third kappa shape index (κ3) is 3.67. The summed E-state index contributed by atoms with van der Waals surface area (Å²) >= 11 is 0. The van der Waals surface area contributed by atoms with Crippen molar-refractivity contribution in [1.82, 2.24) is 10.4 Å². The number of rotatable bonds is 6. The van der Waals surface area contributed by atoms with Crippen LogP contribution in [0.3, 0.4) is 0 Å². The van der Waals surface area contributed by atoms with Crippen LogP contribution in [-0.4, -0.2) is 37.8 Å². The minimum Gasteiger partial charge on any atom is -0.315 e. The number of carbonyl (C=O) groups is 1. The molecule has 1 N–H and O–H groups in total. The molecule has 0 bridgehead atoms. The lowest BCUT2D eigenvalue weighted by Crippen LogP contribution is -2.45. The standard InChI is InChI=1S/C20H25N3O2/c1-3-21-13-14-22-18-12-8-7-11-17(18)15-19(23(25-2)20(22)24)16-9-5-4-6-10-16/h4-12,19,21H,3,13-15H2,1-2H3. The Morgan fingerprint density at radius 1 is 1.12 bits per heavy atom. The van der Waals surface area contributed by atoms with Gasteiger partial charge in [0, 0.05) is 25.2 Å². The van der Waals surface area contributed by atoms with E-state index < -0.39 is 0 Å². The highest BCUT2D eigenvalue weighted by Gasteiger charge is 2.35. The van der Waals surface area contributed by atoms with Gasteiger partial charge in [-0.3, -0.25) is 9.74 Å². The van der Waals surface area contributed by atoms with Crippen molar-refractivity contribution in [3.63, 3.8) is 0 Å². The van der Waals surface area contributed by atoms with Crippen molar-refractivity contribution in [3.05, 3.63) is 65.7 Å². The second-order valence-electron chi connectivity index (χ2n) is 6.06. The molecule has 3 rings (SSSR count). The van der Waals surface area contributed by atoms with Gasteiger partial charge in [0.15, 0.2) is 0 Å². The van der Waals surface area contributed by atoms with Gasteiger partial charge in [0.25, 0.3) is 0 Å². The van der Waals surface area contributed by atoms with Crippen molar-refractivity contribution in [3.8, 4) is 0 Å². The van der Waals surface area contributed by atoms with E-state index in [2.05, 4.69) is 18.3 Å². The van der Waals surface area contributed by atoms with Gasteiger partial charge in [-0.25, -0.2) is 4.79 Å². The summed E-state index contributed by atoms with van der Waals surface area (Å²) in [5.74, 6) is 0. The molecule has 1 atom stereocenters. The Kier molecular flexibility index (Phi) is 5.68. The number of benzene rings is 2. The van der Waals surface area contributed by atoms with E-state index in [9.17, 15) is 4.79 Å². The summed E-state index contributed by atoms with van der Waals surface area (Å²) in [5, 5.41) is 4.79. The Bertz CT molecular complexity index is 705. The van der Waals surface area contributed by atoms with E-state index in [4.69, 9.17) is 4.84 Å². The number of amides is 2. The number of hydrogen-bond acceptors (Lipinski definition) is 3. The van der Waals surface area contributed by atoms with E-state index in [-0.39, 0.29) is 12.1 Å². The first-order valence-corrected chi connectivity index (χ1v) is 8.74. The van der Waals surface area contributed by atoms with Crippen molar-refractivity contribution in [1.29, 1.82) is 0 Å². The summed E-state index contributed by atoms with van der Waals surface area (Å²) in [4.78, 5) is 20.6. The number of nitrogens with one attached hydrogen (secondary N) is 1. The van der Waals surface area contributed by atoms with E-state index in [0.29, 0.717) is 6.54 Å². The van der Waals surface area contributed by atoms with Gasteiger partial charge in [-0.05, 0) is 23.7 Å². The van der Waals surface area contributed by atoms with Crippen LogP contribution in [0.4, 0.5) is 10.5 Å². The monoisotopic (exact) mass is 339 g/mol. The molecule has 2 amide bonds. The van der Waals surface area contributed by atoms with Gasteiger partial charge in [-0.2, -0.15) is 5.06 Å². The van der Waals surface area contributed by atoms with Crippen LogP contribution in [0.2, 0.25) is 0 Å². The van der Waals surface area contributed by atoms with Gasteiger partial charge < -0.3 is 5.32 Å². The van der Waals surface area contributed by atoms with Gasteiger partial charge in [0.1, 0.15) is 0 Å². The topological polar surface area (TPSA) is 44.8 Å². The molecule has 0 aliphatic carbocycles. The van der Waals surface area contributed by atoms with Crippen LogP contribution < -0.4 is 10.2 Å². The molecule has 1 aliphatic rings. The normalized spacial score (nSPS) is 17.4. The van der Waals surface area contributed by atoms with Crippen molar-refractivity contribution < 1.29 is 9.63 Å². The SMILES string of the molecule is CCNCCN1C(=O)N(OC)C(c2ccccc2)Cc2ccccc21. The van der Waals surface area contributed by atoms with Crippen molar-refractivity contribution in [2.75, 3.05) is 31.6 Å². The van der Waals surface area contributed by atoms with Crippen LogP contribution >= 0.6 is 0 Å². The fourth-order valence-corrected chi connectivity index (χ4v) is 3.31. The zero-order chi connectivity index (χ0) is 17.6. The van der Waals surface area contributed by atoms with Crippen LogP contribution in [0.15, 0.2) is 54.6 Å². The van der Waals surface area contributed by atoms with Gasteiger partial charge in [-0.1, -0.05) is 55.5 Å².